The molecule has 1 atom stereocenters. The molecule has 0 saturated carbocycles. The number of rotatable bonds is 5. The maximum Gasteiger partial charge on any atom is 0.251 e. The summed E-state index contributed by atoms with van der Waals surface area (Å²) in [6.07, 6.45) is 0.121. The Morgan fingerprint density at radius 2 is 1.48 bits per heavy atom. The lowest BCUT2D eigenvalue weighted by molar-refractivity contribution is 0.0940. The van der Waals surface area contributed by atoms with E-state index in [0.29, 0.717) is 5.56 Å². The second-order valence-electron chi connectivity index (χ2n) is 7.76. The molecule has 0 saturated heterocycles. The van der Waals surface area contributed by atoms with Gasteiger partial charge in [0.05, 0.1) is 12.1 Å². The van der Waals surface area contributed by atoms with Crippen LogP contribution >= 0.6 is 0 Å². The lowest BCUT2D eigenvalue weighted by Crippen LogP contribution is -2.26. The van der Waals surface area contributed by atoms with Crippen molar-refractivity contribution in [2.75, 3.05) is 0 Å². The van der Waals surface area contributed by atoms with E-state index in [2.05, 4.69) is 50.4 Å². The summed E-state index contributed by atoms with van der Waals surface area (Å²) in [5.74, 6) is 0.695. The number of carbonyl (C=O) groups excluding carboxylic acids is 1. The van der Waals surface area contributed by atoms with Crippen molar-refractivity contribution in [1.82, 2.24) is 5.32 Å². The Bertz CT molecular complexity index is 694. The van der Waals surface area contributed by atoms with Crippen LogP contribution in [-0.2, 0) is 5.41 Å². The van der Waals surface area contributed by atoms with Crippen LogP contribution in [0.5, 0.6) is 5.75 Å². The summed E-state index contributed by atoms with van der Waals surface area (Å²) in [6, 6.07) is 15.6. The summed E-state index contributed by atoms with van der Waals surface area (Å²) in [4.78, 5) is 12.4. The van der Waals surface area contributed by atoms with Gasteiger partial charge in [-0.15, -0.1) is 0 Å². The molecule has 2 aromatic carbocycles. The molecule has 2 aromatic rings. The summed E-state index contributed by atoms with van der Waals surface area (Å²) in [5, 5.41) is 3.05. The van der Waals surface area contributed by atoms with Gasteiger partial charge in [-0.2, -0.15) is 0 Å². The molecule has 0 radical (unpaired) electrons. The molecule has 1 amide bonds. The van der Waals surface area contributed by atoms with Crippen LogP contribution in [0.3, 0.4) is 0 Å². The van der Waals surface area contributed by atoms with Crippen molar-refractivity contribution in [2.24, 2.45) is 0 Å². The van der Waals surface area contributed by atoms with Gasteiger partial charge in [0.25, 0.3) is 5.91 Å². The molecule has 3 nitrogen and oxygen atoms in total. The molecule has 0 aliphatic rings. The number of benzene rings is 2. The van der Waals surface area contributed by atoms with E-state index in [1.807, 2.05) is 32.9 Å². The molecule has 0 aliphatic heterocycles. The largest absolute Gasteiger partial charge is 0.491 e. The van der Waals surface area contributed by atoms with Gasteiger partial charge < -0.3 is 10.1 Å². The van der Waals surface area contributed by atoms with E-state index >= 15 is 0 Å². The average molecular weight is 339 g/mol. The van der Waals surface area contributed by atoms with Crippen LogP contribution in [0, 0.1) is 0 Å². The zero-order chi connectivity index (χ0) is 18.6. The van der Waals surface area contributed by atoms with E-state index in [9.17, 15) is 4.79 Å². The fourth-order valence-corrected chi connectivity index (χ4v) is 2.59. The minimum atomic E-state index is -0.0801. The van der Waals surface area contributed by atoms with Gasteiger partial charge in [0.15, 0.2) is 0 Å². The highest BCUT2D eigenvalue weighted by Gasteiger charge is 2.15. The third-order valence-corrected chi connectivity index (χ3v) is 4.11. The van der Waals surface area contributed by atoms with E-state index in [4.69, 9.17) is 4.74 Å². The molecule has 0 spiro atoms. The highest BCUT2D eigenvalue weighted by atomic mass is 16.5. The normalized spacial score (nSPS) is 12.8. The number of hydrogen-bond acceptors (Lipinski definition) is 2. The molecule has 0 aromatic heterocycles. The first-order valence-corrected chi connectivity index (χ1v) is 8.85. The van der Waals surface area contributed by atoms with Crippen molar-refractivity contribution >= 4 is 5.91 Å². The molecule has 3 heteroatoms. The predicted octanol–water partition coefficient (Wildman–Crippen LogP) is 5.26. The number of ether oxygens (including phenoxy) is 1. The second-order valence-corrected chi connectivity index (χ2v) is 7.76. The molecule has 1 N–H and O–H groups in total. The average Bonchev–Trinajstić information content (AvgIpc) is 2.54. The summed E-state index contributed by atoms with van der Waals surface area (Å²) in [6.45, 7) is 12.5. The maximum atomic E-state index is 12.4. The number of hydrogen-bond donors (Lipinski definition) is 1. The molecular formula is C22H29NO2. The van der Waals surface area contributed by atoms with E-state index in [0.717, 1.165) is 11.3 Å². The molecule has 0 aliphatic carbocycles. The van der Waals surface area contributed by atoms with Gasteiger partial charge in [0.1, 0.15) is 5.75 Å². The first-order valence-electron chi connectivity index (χ1n) is 8.85. The van der Waals surface area contributed by atoms with Crippen molar-refractivity contribution in [3.05, 3.63) is 65.2 Å². The van der Waals surface area contributed by atoms with E-state index in [1.165, 1.54) is 5.56 Å². The van der Waals surface area contributed by atoms with Gasteiger partial charge in [-0.3, -0.25) is 4.79 Å². The van der Waals surface area contributed by atoms with Gasteiger partial charge in [-0.25, -0.2) is 0 Å². The Morgan fingerprint density at radius 3 is 1.96 bits per heavy atom. The first-order chi connectivity index (χ1) is 11.7. The molecule has 0 heterocycles. The van der Waals surface area contributed by atoms with Gasteiger partial charge in [0.2, 0.25) is 0 Å². The first kappa shape index (κ1) is 19.0. The van der Waals surface area contributed by atoms with Crippen LogP contribution in [0.4, 0.5) is 0 Å². The van der Waals surface area contributed by atoms with Gasteiger partial charge in [-0.05, 0) is 61.6 Å². The molecular weight excluding hydrogens is 310 g/mol. The van der Waals surface area contributed by atoms with Gasteiger partial charge in [0, 0.05) is 5.56 Å². The molecule has 134 valence electrons. The molecule has 0 fully saturated rings. The Morgan fingerprint density at radius 1 is 0.920 bits per heavy atom. The third-order valence-electron chi connectivity index (χ3n) is 4.11. The Labute approximate surface area is 151 Å². The zero-order valence-electron chi connectivity index (χ0n) is 16.1. The summed E-state index contributed by atoms with van der Waals surface area (Å²) >= 11 is 0. The third kappa shape index (κ3) is 5.35. The van der Waals surface area contributed by atoms with E-state index in [1.54, 1.807) is 12.1 Å². The van der Waals surface area contributed by atoms with Gasteiger partial charge >= 0.3 is 0 Å². The SMILES string of the molecule is CC(C)Oc1ccc(C(=O)N[C@H](C)c2ccc(C(C)(C)C)cc2)cc1. The van der Waals surface area contributed by atoms with Crippen molar-refractivity contribution in [3.8, 4) is 5.75 Å². The van der Waals surface area contributed by atoms with Crippen LogP contribution < -0.4 is 10.1 Å². The summed E-state index contributed by atoms with van der Waals surface area (Å²) in [5.41, 5.74) is 3.15. The van der Waals surface area contributed by atoms with Crippen LogP contribution in [-0.4, -0.2) is 12.0 Å². The van der Waals surface area contributed by atoms with Crippen LogP contribution in [0.1, 0.15) is 69.1 Å². The minimum Gasteiger partial charge on any atom is -0.491 e. The van der Waals surface area contributed by atoms with Crippen LogP contribution in [0.25, 0.3) is 0 Å². The van der Waals surface area contributed by atoms with Crippen molar-refractivity contribution in [3.63, 3.8) is 0 Å². The maximum absolute atomic E-state index is 12.4. The van der Waals surface area contributed by atoms with Crippen molar-refractivity contribution < 1.29 is 9.53 Å². The number of amides is 1. The Balaban J connectivity index is 2.02. The van der Waals surface area contributed by atoms with Crippen molar-refractivity contribution in [1.29, 1.82) is 0 Å². The predicted molar refractivity (Wildman–Crippen MR) is 103 cm³/mol. The lowest BCUT2D eigenvalue weighted by Gasteiger charge is -2.21. The lowest BCUT2D eigenvalue weighted by atomic mass is 9.86. The fourth-order valence-electron chi connectivity index (χ4n) is 2.59. The topological polar surface area (TPSA) is 38.3 Å². The Kier molecular flexibility index (Phi) is 5.89. The number of carbonyl (C=O) groups is 1. The molecule has 25 heavy (non-hydrogen) atoms. The quantitative estimate of drug-likeness (QED) is 0.806. The summed E-state index contributed by atoms with van der Waals surface area (Å²) in [7, 11) is 0. The molecule has 0 bridgehead atoms. The van der Waals surface area contributed by atoms with Crippen molar-refractivity contribution in [2.45, 2.75) is 59.1 Å². The smallest absolute Gasteiger partial charge is 0.251 e. The molecule has 0 unspecified atom stereocenters. The summed E-state index contributed by atoms with van der Waals surface area (Å²) < 4.78 is 5.61. The highest BCUT2D eigenvalue weighted by Crippen LogP contribution is 2.24. The highest BCUT2D eigenvalue weighted by molar-refractivity contribution is 5.94. The molecule has 2 rings (SSSR count). The number of nitrogens with one attached hydrogen (secondary N) is 1. The monoisotopic (exact) mass is 339 g/mol. The zero-order valence-corrected chi connectivity index (χ0v) is 16.1. The minimum absolute atomic E-state index is 0.0480. The van der Waals surface area contributed by atoms with Crippen LogP contribution in [0.15, 0.2) is 48.5 Å². The van der Waals surface area contributed by atoms with E-state index in [-0.39, 0.29) is 23.5 Å². The standard InChI is InChI=1S/C22H29NO2/c1-15(2)25-20-13-9-18(10-14-20)21(24)23-16(3)17-7-11-19(12-8-17)22(4,5)6/h7-16H,1-6H3,(H,23,24)/t16-/m1/s1. The van der Waals surface area contributed by atoms with Crippen LogP contribution in [0.2, 0.25) is 0 Å². The van der Waals surface area contributed by atoms with Gasteiger partial charge in [-0.1, -0.05) is 45.0 Å². The van der Waals surface area contributed by atoms with E-state index < -0.39 is 0 Å². The fraction of sp³-hybridized carbons (Fsp3) is 0.409. The second kappa shape index (κ2) is 7.73. The Hall–Kier alpha value is -2.29.